The van der Waals surface area contributed by atoms with E-state index in [1.807, 2.05) is 24.3 Å². The Morgan fingerprint density at radius 3 is 2.55 bits per heavy atom. The highest BCUT2D eigenvalue weighted by molar-refractivity contribution is 7.89. The number of hydrogen-bond acceptors (Lipinski definition) is 4. The summed E-state index contributed by atoms with van der Waals surface area (Å²) >= 11 is 0. The van der Waals surface area contributed by atoms with Gasteiger partial charge in [0.05, 0.1) is 11.9 Å². The minimum absolute atomic E-state index is 0.0403. The lowest BCUT2D eigenvalue weighted by Crippen LogP contribution is -2.51. The van der Waals surface area contributed by atoms with Gasteiger partial charge in [-0.05, 0) is 24.8 Å². The molecule has 0 aromatic carbocycles. The summed E-state index contributed by atoms with van der Waals surface area (Å²) < 4.78 is 26.9. The summed E-state index contributed by atoms with van der Waals surface area (Å²) in [7, 11) is -1.27. The topological polar surface area (TPSA) is 75.5 Å². The molecule has 1 aliphatic heterocycles. The molecule has 2 aliphatic rings. The molecule has 1 aliphatic carbocycles. The van der Waals surface area contributed by atoms with Gasteiger partial charge in [-0.2, -0.15) is 9.40 Å². The van der Waals surface area contributed by atoms with Gasteiger partial charge < -0.3 is 4.90 Å². The molecule has 0 radical (unpaired) electrons. The number of aromatic nitrogens is 2. The highest BCUT2D eigenvalue weighted by Crippen LogP contribution is 2.48. The summed E-state index contributed by atoms with van der Waals surface area (Å²) in [6.45, 7) is 3.45. The second-order valence-corrected chi connectivity index (χ2v) is 8.28. The zero-order valence-electron chi connectivity index (χ0n) is 13.0. The van der Waals surface area contributed by atoms with Crippen molar-refractivity contribution in [2.75, 3.05) is 31.9 Å². The molecule has 1 saturated heterocycles. The number of piperazine rings is 1. The first kappa shape index (κ1) is 15.5. The lowest BCUT2D eigenvalue weighted by molar-refractivity contribution is -0.133. The van der Waals surface area contributed by atoms with E-state index in [2.05, 4.69) is 5.10 Å². The van der Waals surface area contributed by atoms with Gasteiger partial charge in [-0.25, -0.2) is 8.42 Å². The lowest BCUT2D eigenvalue weighted by atomic mass is 10.2. The van der Waals surface area contributed by atoms with Gasteiger partial charge in [0.15, 0.2) is 0 Å². The molecule has 7 nitrogen and oxygen atoms in total. The Morgan fingerprint density at radius 2 is 2.00 bits per heavy atom. The molecule has 8 heteroatoms. The van der Waals surface area contributed by atoms with E-state index >= 15 is 0 Å². The molecule has 122 valence electrons. The van der Waals surface area contributed by atoms with Crippen LogP contribution in [0, 0.1) is 5.92 Å². The Kier molecular flexibility index (Phi) is 3.98. The minimum Gasteiger partial charge on any atom is -0.340 e. The number of amides is 1. The van der Waals surface area contributed by atoms with Crippen molar-refractivity contribution in [3.8, 4) is 0 Å². The first-order valence-corrected chi connectivity index (χ1v) is 9.28. The van der Waals surface area contributed by atoms with Gasteiger partial charge in [0, 0.05) is 45.3 Å². The zero-order chi connectivity index (χ0) is 15.9. The van der Waals surface area contributed by atoms with Crippen LogP contribution in [0.1, 0.15) is 24.8 Å². The SMILES string of the molecule is CCS(=O)(=O)N1CCN(C(=O)[C@@H]2C[C@H]2c2cnn(C)c2)CC1. The van der Waals surface area contributed by atoms with E-state index in [0.717, 1.165) is 12.0 Å². The number of sulfonamides is 1. The fraction of sp³-hybridized carbons (Fsp3) is 0.714. The predicted molar refractivity (Wildman–Crippen MR) is 81.7 cm³/mol. The third kappa shape index (κ3) is 2.89. The maximum absolute atomic E-state index is 12.5. The molecule has 0 bridgehead atoms. The van der Waals surface area contributed by atoms with E-state index in [1.165, 1.54) is 4.31 Å². The van der Waals surface area contributed by atoms with Crippen LogP contribution in [-0.4, -0.2) is 65.2 Å². The average molecular weight is 326 g/mol. The summed E-state index contributed by atoms with van der Waals surface area (Å²) in [5, 5.41) is 4.15. The molecule has 2 heterocycles. The largest absolute Gasteiger partial charge is 0.340 e. The van der Waals surface area contributed by atoms with Crippen LogP contribution in [0.25, 0.3) is 0 Å². The fourth-order valence-corrected chi connectivity index (χ4v) is 4.16. The minimum atomic E-state index is -3.14. The van der Waals surface area contributed by atoms with E-state index in [1.54, 1.807) is 11.6 Å². The Balaban J connectivity index is 1.55. The third-order valence-electron chi connectivity index (χ3n) is 4.57. The van der Waals surface area contributed by atoms with E-state index < -0.39 is 10.0 Å². The van der Waals surface area contributed by atoms with Crippen LogP contribution < -0.4 is 0 Å². The molecule has 1 aromatic rings. The van der Waals surface area contributed by atoms with Crippen molar-refractivity contribution in [1.82, 2.24) is 19.0 Å². The maximum atomic E-state index is 12.5. The molecule has 22 heavy (non-hydrogen) atoms. The smallest absolute Gasteiger partial charge is 0.226 e. The molecule has 0 unspecified atom stereocenters. The van der Waals surface area contributed by atoms with Gasteiger partial charge >= 0.3 is 0 Å². The van der Waals surface area contributed by atoms with Crippen LogP contribution in [-0.2, 0) is 21.9 Å². The van der Waals surface area contributed by atoms with E-state index in [-0.39, 0.29) is 23.5 Å². The molecule has 3 rings (SSSR count). The Hall–Kier alpha value is -1.41. The third-order valence-corrected chi connectivity index (χ3v) is 6.45. The molecular formula is C14H22N4O3S. The van der Waals surface area contributed by atoms with Crippen molar-refractivity contribution >= 4 is 15.9 Å². The number of rotatable bonds is 4. The fourth-order valence-electron chi connectivity index (χ4n) is 3.07. The van der Waals surface area contributed by atoms with Crippen molar-refractivity contribution in [1.29, 1.82) is 0 Å². The van der Waals surface area contributed by atoms with Crippen LogP contribution in [0.2, 0.25) is 0 Å². The van der Waals surface area contributed by atoms with Gasteiger partial charge in [-0.1, -0.05) is 0 Å². The molecule has 1 amide bonds. The standard InChI is InChI=1S/C14H22N4O3S/c1-3-22(20,21)18-6-4-17(5-7-18)14(19)13-8-12(13)11-9-15-16(2)10-11/h9-10,12-13H,3-8H2,1-2H3/t12-,13+/m0/s1. The second-order valence-electron chi connectivity index (χ2n) is 6.02. The predicted octanol–water partition coefficient (Wildman–Crippen LogP) is 0.0175. The second kappa shape index (κ2) is 5.66. The van der Waals surface area contributed by atoms with Gasteiger partial charge in [0.2, 0.25) is 15.9 Å². The normalized spacial score (nSPS) is 26.2. The van der Waals surface area contributed by atoms with Crippen LogP contribution in [0.5, 0.6) is 0 Å². The van der Waals surface area contributed by atoms with Gasteiger partial charge in [0.25, 0.3) is 0 Å². The van der Waals surface area contributed by atoms with E-state index in [0.29, 0.717) is 26.2 Å². The number of carbonyl (C=O) groups is 1. The van der Waals surface area contributed by atoms with Crippen LogP contribution in [0.4, 0.5) is 0 Å². The number of hydrogen-bond donors (Lipinski definition) is 0. The summed E-state index contributed by atoms with van der Waals surface area (Å²) in [4.78, 5) is 14.3. The molecule has 0 N–H and O–H groups in total. The molecule has 2 atom stereocenters. The molecule has 1 aromatic heterocycles. The quantitative estimate of drug-likeness (QED) is 0.781. The highest BCUT2D eigenvalue weighted by Gasteiger charge is 2.46. The molecular weight excluding hydrogens is 304 g/mol. The first-order chi connectivity index (χ1) is 10.4. The van der Waals surface area contributed by atoms with Crippen LogP contribution in [0.15, 0.2) is 12.4 Å². The maximum Gasteiger partial charge on any atom is 0.226 e. The first-order valence-electron chi connectivity index (χ1n) is 7.67. The Morgan fingerprint density at radius 1 is 1.32 bits per heavy atom. The summed E-state index contributed by atoms with van der Waals surface area (Å²) in [6.07, 6.45) is 4.66. The average Bonchev–Trinajstić information content (AvgIpc) is 3.21. The summed E-state index contributed by atoms with van der Waals surface area (Å²) in [6, 6.07) is 0. The van der Waals surface area contributed by atoms with Crippen molar-refractivity contribution in [2.24, 2.45) is 13.0 Å². The van der Waals surface area contributed by atoms with Crippen LogP contribution >= 0.6 is 0 Å². The van der Waals surface area contributed by atoms with Crippen molar-refractivity contribution in [3.05, 3.63) is 18.0 Å². The molecule has 1 saturated carbocycles. The van der Waals surface area contributed by atoms with Crippen LogP contribution in [0.3, 0.4) is 0 Å². The summed E-state index contributed by atoms with van der Waals surface area (Å²) in [5.41, 5.74) is 1.12. The number of aryl methyl sites for hydroxylation is 1. The van der Waals surface area contributed by atoms with E-state index in [9.17, 15) is 13.2 Å². The van der Waals surface area contributed by atoms with Gasteiger partial charge in [-0.3, -0.25) is 9.48 Å². The van der Waals surface area contributed by atoms with E-state index in [4.69, 9.17) is 0 Å². The highest BCUT2D eigenvalue weighted by atomic mass is 32.2. The monoisotopic (exact) mass is 326 g/mol. The van der Waals surface area contributed by atoms with Crippen molar-refractivity contribution in [3.63, 3.8) is 0 Å². The lowest BCUT2D eigenvalue weighted by Gasteiger charge is -2.34. The number of nitrogens with zero attached hydrogens (tertiary/aromatic N) is 4. The van der Waals surface area contributed by atoms with Crippen molar-refractivity contribution in [2.45, 2.75) is 19.3 Å². The summed E-state index contributed by atoms with van der Waals surface area (Å²) in [5.74, 6) is 0.590. The Labute approximate surface area is 130 Å². The molecule has 0 spiro atoms. The number of carbonyl (C=O) groups excluding carboxylic acids is 1. The molecule has 2 fully saturated rings. The van der Waals surface area contributed by atoms with Gasteiger partial charge in [0.1, 0.15) is 0 Å². The Bertz CT molecular complexity index is 661. The zero-order valence-corrected chi connectivity index (χ0v) is 13.8. The van der Waals surface area contributed by atoms with Crippen molar-refractivity contribution < 1.29 is 13.2 Å². The van der Waals surface area contributed by atoms with Gasteiger partial charge in [-0.15, -0.1) is 0 Å².